The van der Waals surface area contributed by atoms with Gasteiger partial charge in [-0.1, -0.05) is 0 Å². The van der Waals surface area contributed by atoms with Crippen LogP contribution in [0.3, 0.4) is 0 Å². The van der Waals surface area contributed by atoms with E-state index in [1.165, 1.54) is 0 Å². The lowest BCUT2D eigenvalue weighted by atomic mass is 10.00. The summed E-state index contributed by atoms with van der Waals surface area (Å²) in [5.41, 5.74) is 9.54. The summed E-state index contributed by atoms with van der Waals surface area (Å²) in [6.07, 6.45) is 3.45. The fourth-order valence-electron chi connectivity index (χ4n) is 2.86. The summed E-state index contributed by atoms with van der Waals surface area (Å²) in [5, 5.41) is 6.26. The first-order chi connectivity index (χ1) is 9.56. The molecule has 1 saturated heterocycles. The fraction of sp³-hybridized carbons (Fsp3) is 0.533. The van der Waals surface area contributed by atoms with E-state index in [0.29, 0.717) is 6.42 Å². The second kappa shape index (κ2) is 4.98. The number of ether oxygens (including phenoxy) is 1. The Morgan fingerprint density at radius 1 is 1.45 bits per heavy atom. The SMILES string of the molecule is CC1(CNc2cc3c(cc2N)CCC(=O)N3)CCCO1. The van der Waals surface area contributed by atoms with Crippen LogP contribution in [0, 0.1) is 0 Å². The normalized spacial score (nSPS) is 25.1. The van der Waals surface area contributed by atoms with Crippen LogP contribution in [0.25, 0.3) is 0 Å². The van der Waals surface area contributed by atoms with E-state index in [0.717, 1.165) is 55.0 Å². The molecule has 0 radical (unpaired) electrons. The summed E-state index contributed by atoms with van der Waals surface area (Å²) in [5.74, 6) is 0.0688. The number of benzene rings is 1. The zero-order chi connectivity index (χ0) is 14.2. The third kappa shape index (κ3) is 2.58. The van der Waals surface area contributed by atoms with Crippen LogP contribution in [-0.4, -0.2) is 24.7 Å². The molecule has 1 amide bonds. The number of nitrogens with two attached hydrogens (primary N) is 1. The van der Waals surface area contributed by atoms with Crippen molar-refractivity contribution in [2.24, 2.45) is 0 Å². The van der Waals surface area contributed by atoms with E-state index in [2.05, 4.69) is 17.6 Å². The van der Waals surface area contributed by atoms with E-state index in [1.54, 1.807) is 0 Å². The van der Waals surface area contributed by atoms with Crippen LogP contribution in [0.5, 0.6) is 0 Å². The van der Waals surface area contributed by atoms with Crippen LogP contribution < -0.4 is 16.4 Å². The Morgan fingerprint density at radius 2 is 2.30 bits per heavy atom. The second-order valence-corrected chi connectivity index (χ2v) is 5.90. The molecule has 0 aliphatic carbocycles. The van der Waals surface area contributed by atoms with Crippen LogP contribution in [0.1, 0.15) is 31.7 Å². The third-order valence-corrected chi connectivity index (χ3v) is 4.12. The molecule has 1 unspecified atom stereocenters. The van der Waals surface area contributed by atoms with E-state index >= 15 is 0 Å². The lowest BCUT2D eigenvalue weighted by molar-refractivity contribution is -0.116. The number of nitrogens with one attached hydrogen (secondary N) is 2. The Hall–Kier alpha value is -1.75. The Balaban J connectivity index is 1.76. The molecule has 5 nitrogen and oxygen atoms in total. The summed E-state index contributed by atoms with van der Waals surface area (Å²) in [4.78, 5) is 11.5. The molecule has 0 bridgehead atoms. The van der Waals surface area contributed by atoms with Gasteiger partial charge in [0.2, 0.25) is 5.91 Å². The molecule has 0 saturated carbocycles. The maximum Gasteiger partial charge on any atom is 0.224 e. The van der Waals surface area contributed by atoms with Crippen LogP contribution in [0.15, 0.2) is 12.1 Å². The topological polar surface area (TPSA) is 76.4 Å². The van der Waals surface area contributed by atoms with Gasteiger partial charge in [-0.3, -0.25) is 4.79 Å². The van der Waals surface area contributed by atoms with E-state index in [9.17, 15) is 4.79 Å². The van der Waals surface area contributed by atoms with Crippen molar-refractivity contribution in [3.8, 4) is 0 Å². The number of amides is 1. The second-order valence-electron chi connectivity index (χ2n) is 5.90. The molecule has 2 aliphatic rings. The predicted octanol–water partition coefficient (Wildman–Crippen LogP) is 2.13. The van der Waals surface area contributed by atoms with Crippen molar-refractivity contribution in [1.82, 2.24) is 0 Å². The maximum absolute atomic E-state index is 11.5. The largest absolute Gasteiger partial charge is 0.397 e. The van der Waals surface area contributed by atoms with Gasteiger partial charge < -0.3 is 21.1 Å². The summed E-state index contributed by atoms with van der Waals surface area (Å²) in [6, 6.07) is 3.88. The van der Waals surface area contributed by atoms with Crippen molar-refractivity contribution >= 4 is 23.0 Å². The highest BCUT2D eigenvalue weighted by molar-refractivity contribution is 5.95. The van der Waals surface area contributed by atoms with Gasteiger partial charge in [0.15, 0.2) is 0 Å². The summed E-state index contributed by atoms with van der Waals surface area (Å²) in [6.45, 7) is 3.67. The van der Waals surface area contributed by atoms with Crippen LogP contribution in [0.4, 0.5) is 17.1 Å². The Kier molecular flexibility index (Phi) is 3.30. The number of hydrogen-bond donors (Lipinski definition) is 3. The first kappa shape index (κ1) is 13.2. The highest BCUT2D eigenvalue weighted by atomic mass is 16.5. The number of aryl methyl sites for hydroxylation is 1. The lowest BCUT2D eigenvalue weighted by Gasteiger charge is -2.25. The zero-order valence-corrected chi connectivity index (χ0v) is 11.8. The minimum absolute atomic E-state index is 0.0688. The predicted molar refractivity (Wildman–Crippen MR) is 79.9 cm³/mol. The molecule has 1 fully saturated rings. The number of carbonyl (C=O) groups is 1. The monoisotopic (exact) mass is 275 g/mol. The minimum Gasteiger partial charge on any atom is -0.397 e. The number of rotatable bonds is 3. The molecule has 1 aromatic carbocycles. The van der Waals surface area contributed by atoms with Gasteiger partial charge in [-0.2, -0.15) is 0 Å². The smallest absolute Gasteiger partial charge is 0.224 e. The van der Waals surface area contributed by atoms with Gasteiger partial charge >= 0.3 is 0 Å². The Morgan fingerprint density at radius 3 is 3.05 bits per heavy atom. The van der Waals surface area contributed by atoms with Gasteiger partial charge in [-0.25, -0.2) is 0 Å². The molecule has 1 atom stereocenters. The minimum atomic E-state index is -0.119. The van der Waals surface area contributed by atoms with Gasteiger partial charge in [0, 0.05) is 25.3 Å². The molecular weight excluding hydrogens is 254 g/mol. The van der Waals surface area contributed by atoms with Crippen molar-refractivity contribution in [2.45, 2.75) is 38.2 Å². The molecule has 0 aromatic heterocycles. The Labute approximate surface area is 118 Å². The third-order valence-electron chi connectivity index (χ3n) is 4.12. The van der Waals surface area contributed by atoms with Gasteiger partial charge in [0.1, 0.15) is 0 Å². The van der Waals surface area contributed by atoms with Crippen molar-refractivity contribution < 1.29 is 9.53 Å². The number of nitrogen functional groups attached to an aromatic ring is 1. The number of carbonyl (C=O) groups excluding carboxylic acids is 1. The molecule has 1 aromatic rings. The van der Waals surface area contributed by atoms with Crippen LogP contribution in [-0.2, 0) is 16.0 Å². The molecule has 4 N–H and O–H groups in total. The van der Waals surface area contributed by atoms with Crippen LogP contribution >= 0.6 is 0 Å². The van der Waals surface area contributed by atoms with E-state index in [4.69, 9.17) is 10.5 Å². The van der Waals surface area contributed by atoms with Crippen molar-refractivity contribution in [3.63, 3.8) is 0 Å². The number of fused-ring (bicyclic) bond motifs is 1. The first-order valence-corrected chi connectivity index (χ1v) is 7.16. The Bertz CT molecular complexity index is 536. The fourth-order valence-corrected chi connectivity index (χ4v) is 2.86. The van der Waals surface area contributed by atoms with Gasteiger partial charge in [-0.15, -0.1) is 0 Å². The molecular formula is C15H21N3O2. The molecule has 5 heteroatoms. The quantitative estimate of drug-likeness (QED) is 0.739. The highest BCUT2D eigenvalue weighted by Gasteiger charge is 2.29. The van der Waals surface area contributed by atoms with Gasteiger partial charge in [0.25, 0.3) is 0 Å². The average Bonchev–Trinajstić information content (AvgIpc) is 2.84. The van der Waals surface area contributed by atoms with E-state index in [-0.39, 0.29) is 11.5 Å². The highest BCUT2D eigenvalue weighted by Crippen LogP contribution is 2.32. The zero-order valence-electron chi connectivity index (χ0n) is 11.8. The van der Waals surface area contributed by atoms with Crippen molar-refractivity contribution in [1.29, 1.82) is 0 Å². The number of hydrogen-bond acceptors (Lipinski definition) is 4. The summed E-state index contributed by atoms with van der Waals surface area (Å²) < 4.78 is 5.76. The summed E-state index contributed by atoms with van der Waals surface area (Å²) in [7, 11) is 0. The maximum atomic E-state index is 11.5. The molecule has 20 heavy (non-hydrogen) atoms. The van der Waals surface area contributed by atoms with E-state index < -0.39 is 0 Å². The number of anilines is 3. The van der Waals surface area contributed by atoms with Gasteiger partial charge in [0.05, 0.1) is 17.0 Å². The lowest BCUT2D eigenvalue weighted by Crippen LogP contribution is -2.32. The van der Waals surface area contributed by atoms with Crippen molar-refractivity contribution in [2.75, 3.05) is 29.5 Å². The van der Waals surface area contributed by atoms with Gasteiger partial charge in [-0.05, 0) is 43.9 Å². The summed E-state index contributed by atoms with van der Waals surface area (Å²) >= 11 is 0. The molecule has 0 spiro atoms. The standard InChI is InChI=1S/C15H21N3O2/c1-15(5-2-6-20-15)9-17-13-8-12-10(7-11(13)16)3-4-14(19)18-12/h7-8,17H,2-6,9,16H2,1H3,(H,18,19). The molecule has 3 rings (SSSR count). The van der Waals surface area contributed by atoms with Crippen molar-refractivity contribution in [3.05, 3.63) is 17.7 Å². The van der Waals surface area contributed by atoms with E-state index in [1.807, 2.05) is 12.1 Å². The molecule has 2 heterocycles. The molecule has 2 aliphatic heterocycles. The first-order valence-electron chi connectivity index (χ1n) is 7.16. The van der Waals surface area contributed by atoms with Crippen LogP contribution in [0.2, 0.25) is 0 Å². The molecule has 108 valence electrons. The average molecular weight is 275 g/mol.